The standard InChI is InChI=1S/C9H20N4.H2O4S/c1-2-3-4-12-5-7-13(8-6-12)9(10)11;1-5(2,3)4/h2-8H2,1H3,(H3,10,11);(H2,1,2,3,4). The fraction of sp³-hybridized carbons (Fsp3) is 0.889. The third kappa shape index (κ3) is 10.3. The summed E-state index contributed by atoms with van der Waals surface area (Å²) in [6, 6.07) is 0. The molecule has 9 heteroatoms. The van der Waals surface area contributed by atoms with Crippen LogP contribution in [0.5, 0.6) is 0 Å². The number of guanidine groups is 1. The highest BCUT2D eigenvalue weighted by Gasteiger charge is 2.16. The monoisotopic (exact) mass is 282 g/mol. The van der Waals surface area contributed by atoms with Gasteiger partial charge in [0.15, 0.2) is 5.96 Å². The zero-order chi connectivity index (χ0) is 14.2. The van der Waals surface area contributed by atoms with E-state index in [-0.39, 0.29) is 5.96 Å². The second kappa shape index (κ2) is 8.25. The van der Waals surface area contributed by atoms with Crippen molar-refractivity contribution in [1.82, 2.24) is 9.80 Å². The summed E-state index contributed by atoms with van der Waals surface area (Å²) < 4.78 is 31.6. The third-order valence-corrected chi connectivity index (χ3v) is 2.54. The van der Waals surface area contributed by atoms with Crippen molar-refractivity contribution < 1.29 is 17.5 Å². The van der Waals surface area contributed by atoms with Gasteiger partial charge in [0.1, 0.15) is 0 Å². The predicted molar refractivity (Wildman–Crippen MR) is 69.0 cm³/mol. The van der Waals surface area contributed by atoms with Crippen LogP contribution in [-0.2, 0) is 10.4 Å². The quantitative estimate of drug-likeness (QED) is 0.316. The number of unbranched alkanes of at least 4 members (excludes halogenated alkanes) is 1. The Morgan fingerprint density at radius 2 is 1.72 bits per heavy atom. The molecule has 5 N–H and O–H groups in total. The van der Waals surface area contributed by atoms with Crippen LogP contribution < -0.4 is 5.73 Å². The van der Waals surface area contributed by atoms with Gasteiger partial charge in [0.25, 0.3) is 0 Å². The van der Waals surface area contributed by atoms with Gasteiger partial charge in [-0.3, -0.25) is 19.4 Å². The van der Waals surface area contributed by atoms with Crippen molar-refractivity contribution in [2.75, 3.05) is 32.7 Å². The van der Waals surface area contributed by atoms with Gasteiger partial charge in [-0.2, -0.15) is 8.42 Å². The van der Waals surface area contributed by atoms with Crippen LogP contribution in [0.25, 0.3) is 0 Å². The number of nitrogens with two attached hydrogens (primary N) is 1. The summed E-state index contributed by atoms with van der Waals surface area (Å²) >= 11 is 0. The molecule has 0 bridgehead atoms. The van der Waals surface area contributed by atoms with E-state index in [0.717, 1.165) is 26.2 Å². The lowest BCUT2D eigenvalue weighted by molar-refractivity contribution is 0.178. The molecule has 0 spiro atoms. The summed E-state index contributed by atoms with van der Waals surface area (Å²) in [4.78, 5) is 4.38. The Hall–Kier alpha value is -0.900. The Morgan fingerprint density at radius 3 is 2.06 bits per heavy atom. The zero-order valence-corrected chi connectivity index (χ0v) is 11.4. The van der Waals surface area contributed by atoms with Crippen LogP contribution >= 0.6 is 0 Å². The second-order valence-corrected chi connectivity index (χ2v) is 4.91. The third-order valence-electron chi connectivity index (χ3n) is 2.54. The van der Waals surface area contributed by atoms with Crippen molar-refractivity contribution in [1.29, 1.82) is 5.41 Å². The lowest BCUT2D eigenvalue weighted by Crippen LogP contribution is -2.50. The van der Waals surface area contributed by atoms with Crippen LogP contribution in [-0.4, -0.2) is 66.0 Å². The van der Waals surface area contributed by atoms with Crippen LogP contribution in [0, 0.1) is 5.41 Å². The Labute approximate surface area is 108 Å². The highest BCUT2D eigenvalue weighted by Crippen LogP contribution is 2.02. The number of hydrogen-bond donors (Lipinski definition) is 4. The number of nitrogens with one attached hydrogen (secondary N) is 1. The summed E-state index contributed by atoms with van der Waals surface area (Å²) in [7, 11) is -4.67. The Bertz CT molecular complexity index is 330. The molecule has 0 saturated carbocycles. The smallest absolute Gasteiger partial charge is 0.370 e. The molecular formula is C9H22N4O4S. The first kappa shape index (κ1) is 17.1. The van der Waals surface area contributed by atoms with Gasteiger partial charge in [-0.15, -0.1) is 0 Å². The molecule has 0 aliphatic carbocycles. The minimum absolute atomic E-state index is 0.218. The maximum Gasteiger partial charge on any atom is 0.394 e. The van der Waals surface area contributed by atoms with E-state index in [1.54, 1.807) is 0 Å². The van der Waals surface area contributed by atoms with Gasteiger partial charge in [-0.1, -0.05) is 13.3 Å². The maximum atomic E-state index is 8.74. The fourth-order valence-electron chi connectivity index (χ4n) is 1.59. The normalized spacial score (nSPS) is 16.9. The summed E-state index contributed by atoms with van der Waals surface area (Å²) in [5.74, 6) is 0.218. The summed E-state index contributed by atoms with van der Waals surface area (Å²) in [5.41, 5.74) is 5.40. The molecule has 1 fully saturated rings. The molecule has 0 aromatic rings. The molecular weight excluding hydrogens is 260 g/mol. The topological polar surface area (TPSA) is 131 Å². The lowest BCUT2D eigenvalue weighted by Gasteiger charge is -2.34. The van der Waals surface area contributed by atoms with Gasteiger partial charge in [-0.25, -0.2) is 0 Å². The maximum absolute atomic E-state index is 8.74. The average molecular weight is 282 g/mol. The molecule has 1 aliphatic heterocycles. The summed E-state index contributed by atoms with van der Waals surface area (Å²) in [5, 5.41) is 7.28. The molecule has 18 heavy (non-hydrogen) atoms. The molecule has 1 aliphatic rings. The second-order valence-electron chi connectivity index (χ2n) is 4.02. The van der Waals surface area contributed by atoms with Crippen LogP contribution in [0.15, 0.2) is 0 Å². The molecule has 0 amide bonds. The van der Waals surface area contributed by atoms with Crippen LogP contribution in [0.1, 0.15) is 19.8 Å². The summed E-state index contributed by atoms with van der Waals surface area (Å²) in [6.45, 7) is 7.35. The average Bonchev–Trinajstić information content (AvgIpc) is 2.24. The van der Waals surface area contributed by atoms with Crippen molar-refractivity contribution in [2.24, 2.45) is 5.73 Å². The lowest BCUT2D eigenvalue weighted by atomic mass is 10.2. The molecule has 0 aromatic heterocycles. The van der Waals surface area contributed by atoms with E-state index in [4.69, 9.17) is 28.7 Å². The van der Waals surface area contributed by atoms with Crippen molar-refractivity contribution >= 4 is 16.4 Å². The molecule has 0 atom stereocenters. The number of piperazine rings is 1. The molecule has 8 nitrogen and oxygen atoms in total. The first-order chi connectivity index (χ1) is 8.24. The van der Waals surface area contributed by atoms with E-state index in [9.17, 15) is 0 Å². The Balaban J connectivity index is 0.000000494. The van der Waals surface area contributed by atoms with Crippen LogP contribution in [0.4, 0.5) is 0 Å². The van der Waals surface area contributed by atoms with Crippen molar-refractivity contribution in [3.63, 3.8) is 0 Å². The largest absolute Gasteiger partial charge is 0.394 e. The first-order valence-corrected chi connectivity index (χ1v) is 7.15. The van der Waals surface area contributed by atoms with Gasteiger partial charge in [-0.05, 0) is 13.0 Å². The van der Waals surface area contributed by atoms with Crippen molar-refractivity contribution in [3.05, 3.63) is 0 Å². The number of hydrogen-bond acceptors (Lipinski definition) is 4. The number of rotatable bonds is 3. The molecule has 108 valence electrons. The van der Waals surface area contributed by atoms with Crippen LogP contribution in [0.2, 0.25) is 0 Å². The van der Waals surface area contributed by atoms with E-state index in [1.807, 2.05) is 4.90 Å². The van der Waals surface area contributed by atoms with Crippen molar-refractivity contribution in [2.45, 2.75) is 19.8 Å². The van der Waals surface area contributed by atoms with Gasteiger partial charge in [0.05, 0.1) is 0 Å². The highest BCUT2D eigenvalue weighted by molar-refractivity contribution is 7.79. The van der Waals surface area contributed by atoms with Gasteiger partial charge >= 0.3 is 10.4 Å². The molecule has 1 heterocycles. The van der Waals surface area contributed by atoms with Gasteiger partial charge < -0.3 is 10.6 Å². The highest BCUT2D eigenvalue weighted by atomic mass is 32.3. The van der Waals surface area contributed by atoms with Crippen LogP contribution in [0.3, 0.4) is 0 Å². The molecule has 1 rings (SSSR count). The van der Waals surface area contributed by atoms with Gasteiger partial charge in [0.2, 0.25) is 0 Å². The molecule has 0 unspecified atom stereocenters. The predicted octanol–water partition coefficient (Wildman–Crippen LogP) is -0.355. The minimum atomic E-state index is -4.67. The molecule has 1 saturated heterocycles. The van der Waals surface area contributed by atoms with E-state index in [2.05, 4.69) is 11.8 Å². The van der Waals surface area contributed by atoms with Gasteiger partial charge in [0, 0.05) is 26.2 Å². The van der Waals surface area contributed by atoms with E-state index in [1.165, 1.54) is 19.4 Å². The summed E-state index contributed by atoms with van der Waals surface area (Å²) in [6.07, 6.45) is 2.53. The van der Waals surface area contributed by atoms with Crippen molar-refractivity contribution in [3.8, 4) is 0 Å². The van der Waals surface area contributed by atoms with E-state index >= 15 is 0 Å². The fourth-order valence-corrected chi connectivity index (χ4v) is 1.59. The molecule has 0 aromatic carbocycles. The molecule has 0 radical (unpaired) electrons. The Kier molecular flexibility index (Phi) is 7.83. The minimum Gasteiger partial charge on any atom is -0.370 e. The number of nitrogens with zero attached hydrogens (tertiary/aromatic N) is 2. The first-order valence-electron chi connectivity index (χ1n) is 5.75. The Morgan fingerprint density at radius 1 is 1.28 bits per heavy atom. The SMILES string of the molecule is CCCCN1CCN(C(=N)N)CC1.O=S(=O)(O)O. The van der Waals surface area contributed by atoms with E-state index in [0.29, 0.717) is 0 Å². The zero-order valence-electron chi connectivity index (χ0n) is 10.5. The van der Waals surface area contributed by atoms with E-state index < -0.39 is 10.4 Å².